The Morgan fingerprint density at radius 1 is 1.57 bits per heavy atom. The highest BCUT2D eigenvalue weighted by atomic mass is 35.5. The number of nitrogens with zero attached hydrogens (tertiary/aromatic N) is 2. The molecule has 0 spiro atoms. The molecule has 0 unspecified atom stereocenters. The number of rotatable bonds is 5. The van der Waals surface area contributed by atoms with Crippen molar-refractivity contribution in [2.45, 2.75) is 33.2 Å². The molecule has 0 aromatic carbocycles. The summed E-state index contributed by atoms with van der Waals surface area (Å²) in [5.41, 5.74) is 1.13. The molecule has 0 aliphatic carbocycles. The largest absolute Gasteiger partial charge is 0.317 e. The molecule has 1 N–H and O–H groups in total. The Balaban J connectivity index is 2.67. The van der Waals surface area contributed by atoms with Crippen LogP contribution in [0.15, 0.2) is 6.20 Å². The van der Waals surface area contributed by atoms with Crippen molar-refractivity contribution >= 4 is 11.6 Å². The van der Waals surface area contributed by atoms with E-state index in [0.29, 0.717) is 6.04 Å². The van der Waals surface area contributed by atoms with Gasteiger partial charge < -0.3 is 5.32 Å². The van der Waals surface area contributed by atoms with Crippen molar-refractivity contribution in [1.29, 1.82) is 0 Å². The Morgan fingerprint density at radius 2 is 2.29 bits per heavy atom. The predicted molar refractivity (Wildman–Crippen MR) is 59.9 cm³/mol. The van der Waals surface area contributed by atoms with Crippen molar-refractivity contribution in [3.63, 3.8) is 0 Å². The molecule has 0 saturated heterocycles. The maximum Gasteiger partial charge on any atom is 0.0818 e. The van der Waals surface area contributed by atoms with Crippen LogP contribution in [0.1, 0.15) is 32.5 Å². The number of hydrogen-bond acceptors (Lipinski definition) is 2. The summed E-state index contributed by atoms with van der Waals surface area (Å²) in [4.78, 5) is 0. The fraction of sp³-hybridized carbons (Fsp3) is 0.700. The normalized spacial score (nSPS) is 11.2. The van der Waals surface area contributed by atoms with Crippen molar-refractivity contribution < 1.29 is 0 Å². The van der Waals surface area contributed by atoms with E-state index >= 15 is 0 Å². The van der Waals surface area contributed by atoms with Gasteiger partial charge in [-0.15, -0.1) is 0 Å². The third-order valence-corrected chi connectivity index (χ3v) is 2.44. The molecule has 0 aliphatic heterocycles. The van der Waals surface area contributed by atoms with Crippen LogP contribution in [0.4, 0.5) is 0 Å². The van der Waals surface area contributed by atoms with Crippen LogP contribution in [-0.2, 0) is 6.42 Å². The quantitative estimate of drug-likeness (QED) is 0.764. The minimum Gasteiger partial charge on any atom is -0.317 e. The zero-order chi connectivity index (χ0) is 10.6. The molecule has 0 radical (unpaired) electrons. The van der Waals surface area contributed by atoms with Crippen LogP contribution in [0.2, 0.25) is 5.02 Å². The second-order valence-corrected chi connectivity index (χ2v) is 3.99. The summed E-state index contributed by atoms with van der Waals surface area (Å²) in [7, 11) is 0. The highest BCUT2D eigenvalue weighted by Gasteiger charge is 2.10. The van der Waals surface area contributed by atoms with Crippen LogP contribution < -0.4 is 5.32 Å². The van der Waals surface area contributed by atoms with Gasteiger partial charge in [0, 0.05) is 19.0 Å². The SMILES string of the molecule is CCNCCc1c(Cl)cnn1C(C)C. The molecule has 80 valence electrons. The summed E-state index contributed by atoms with van der Waals surface area (Å²) in [5.74, 6) is 0. The lowest BCUT2D eigenvalue weighted by molar-refractivity contribution is 0.504. The minimum atomic E-state index is 0.374. The first-order valence-electron chi connectivity index (χ1n) is 5.09. The first-order valence-corrected chi connectivity index (χ1v) is 5.47. The molecule has 4 heteroatoms. The van der Waals surface area contributed by atoms with Crippen molar-refractivity contribution in [2.75, 3.05) is 13.1 Å². The topological polar surface area (TPSA) is 29.9 Å². The number of likely N-dealkylation sites (N-methyl/N-ethyl adjacent to an activating group) is 1. The highest BCUT2D eigenvalue weighted by Crippen LogP contribution is 2.18. The van der Waals surface area contributed by atoms with Crippen molar-refractivity contribution in [1.82, 2.24) is 15.1 Å². The molecule has 0 saturated carbocycles. The van der Waals surface area contributed by atoms with Gasteiger partial charge in [0.2, 0.25) is 0 Å². The molecule has 0 aliphatic rings. The average Bonchev–Trinajstić information content (AvgIpc) is 2.48. The van der Waals surface area contributed by atoms with Gasteiger partial charge in [-0.25, -0.2) is 0 Å². The van der Waals surface area contributed by atoms with Gasteiger partial charge in [-0.3, -0.25) is 4.68 Å². The molecule has 0 atom stereocenters. The van der Waals surface area contributed by atoms with Crippen LogP contribution in [0, 0.1) is 0 Å². The summed E-state index contributed by atoms with van der Waals surface area (Å²) in [6.07, 6.45) is 2.66. The summed E-state index contributed by atoms with van der Waals surface area (Å²) in [6.45, 7) is 8.27. The van der Waals surface area contributed by atoms with Crippen LogP contribution in [0.5, 0.6) is 0 Å². The molecule has 1 aromatic heterocycles. The van der Waals surface area contributed by atoms with Crippen molar-refractivity contribution in [2.24, 2.45) is 0 Å². The molecule has 1 aromatic rings. The van der Waals surface area contributed by atoms with Gasteiger partial charge in [-0.2, -0.15) is 5.10 Å². The summed E-state index contributed by atoms with van der Waals surface area (Å²) < 4.78 is 1.99. The molecule has 0 amide bonds. The van der Waals surface area contributed by atoms with Crippen molar-refractivity contribution in [3.8, 4) is 0 Å². The Morgan fingerprint density at radius 3 is 2.86 bits per heavy atom. The van der Waals surface area contributed by atoms with E-state index < -0.39 is 0 Å². The molecule has 1 heterocycles. The maximum atomic E-state index is 6.06. The Bertz CT molecular complexity index is 281. The first kappa shape index (κ1) is 11.5. The van der Waals surface area contributed by atoms with Gasteiger partial charge in [0.15, 0.2) is 0 Å². The monoisotopic (exact) mass is 215 g/mol. The smallest absolute Gasteiger partial charge is 0.0818 e. The van der Waals surface area contributed by atoms with E-state index in [2.05, 4.69) is 31.2 Å². The van der Waals surface area contributed by atoms with Gasteiger partial charge in [0.1, 0.15) is 0 Å². The Labute approximate surface area is 90.4 Å². The molecule has 0 bridgehead atoms. The zero-order valence-corrected chi connectivity index (χ0v) is 9.80. The predicted octanol–water partition coefficient (Wildman–Crippen LogP) is 2.27. The lowest BCUT2D eigenvalue weighted by Crippen LogP contribution is -2.18. The second-order valence-electron chi connectivity index (χ2n) is 3.58. The number of nitrogens with one attached hydrogen (secondary N) is 1. The van der Waals surface area contributed by atoms with Crippen LogP contribution >= 0.6 is 11.6 Å². The molecule has 0 fully saturated rings. The maximum absolute atomic E-state index is 6.06. The molecule has 14 heavy (non-hydrogen) atoms. The Hall–Kier alpha value is -0.540. The van der Waals surface area contributed by atoms with E-state index in [1.807, 2.05) is 4.68 Å². The van der Waals surface area contributed by atoms with E-state index in [-0.39, 0.29) is 0 Å². The van der Waals surface area contributed by atoms with Crippen LogP contribution in [0.25, 0.3) is 0 Å². The van der Waals surface area contributed by atoms with Crippen molar-refractivity contribution in [3.05, 3.63) is 16.9 Å². The van der Waals surface area contributed by atoms with Gasteiger partial charge in [0.25, 0.3) is 0 Å². The molecule has 1 rings (SSSR count). The highest BCUT2D eigenvalue weighted by molar-refractivity contribution is 6.31. The van der Waals surface area contributed by atoms with Crippen LogP contribution in [-0.4, -0.2) is 22.9 Å². The summed E-state index contributed by atoms with van der Waals surface area (Å²) in [5, 5.41) is 8.31. The number of hydrogen-bond donors (Lipinski definition) is 1. The fourth-order valence-electron chi connectivity index (χ4n) is 1.43. The van der Waals surface area contributed by atoms with Gasteiger partial charge in [-0.05, 0) is 20.4 Å². The average molecular weight is 216 g/mol. The third kappa shape index (κ3) is 2.72. The number of halogens is 1. The van der Waals surface area contributed by atoms with Crippen LogP contribution in [0.3, 0.4) is 0 Å². The lowest BCUT2D eigenvalue weighted by Gasteiger charge is -2.11. The molecular weight excluding hydrogens is 198 g/mol. The van der Waals surface area contributed by atoms with E-state index in [0.717, 1.165) is 30.2 Å². The summed E-state index contributed by atoms with van der Waals surface area (Å²) >= 11 is 6.06. The minimum absolute atomic E-state index is 0.374. The summed E-state index contributed by atoms with van der Waals surface area (Å²) in [6, 6.07) is 0.374. The Kier molecular flexibility index (Phi) is 4.42. The first-order chi connectivity index (χ1) is 6.66. The number of aromatic nitrogens is 2. The lowest BCUT2D eigenvalue weighted by atomic mass is 10.3. The van der Waals surface area contributed by atoms with Gasteiger partial charge in [-0.1, -0.05) is 18.5 Å². The standard InChI is InChI=1S/C10H18ClN3/c1-4-12-6-5-10-9(11)7-13-14(10)8(2)3/h7-8,12H,4-6H2,1-3H3. The van der Waals surface area contributed by atoms with E-state index in [4.69, 9.17) is 11.6 Å². The van der Waals surface area contributed by atoms with Gasteiger partial charge >= 0.3 is 0 Å². The van der Waals surface area contributed by atoms with E-state index in [1.165, 1.54) is 0 Å². The molecule has 3 nitrogen and oxygen atoms in total. The zero-order valence-electron chi connectivity index (χ0n) is 9.05. The van der Waals surface area contributed by atoms with E-state index in [1.54, 1.807) is 6.20 Å². The fourth-order valence-corrected chi connectivity index (χ4v) is 1.65. The van der Waals surface area contributed by atoms with E-state index in [9.17, 15) is 0 Å². The second kappa shape index (κ2) is 5.37. The van der Waals surface area contributed by atoms with Gasteiger partial charge in [0.05, 0.1) is 16.9 Å². The molecular formula is C10H18ClN3. The third-order valence-electron chi connectivity index (χ3n) is 2.13.